The fourth-order valence-corrected chi connectivity index (χ4v) is 0.588. The van der Waals surface area contributed by atoms with Crippen LogP contribution in [0.1, 0.15) is 12.8 Å². The molecule has 0 aromatic carbocycles. The van der Waals surface area contributed by atoms with Crippen LogP contribution in [0.3, 0.4) is 0 Å². The van der Waals surface area contributed by atoms with Gasteiger partial charge in [0.2, 0.25) is 5.91 Å². The minimum absolute atomic E-state index is 0.0509. The van der Waals surface area contributed by atoms with Crippen LogP contribution in [-0.4, -0.2) is 30.7 Å². The molecule has 0 fully saturated rings. The van der Waals surface area contributed by atoms with E-state index in [0.717, 1.165) is 6.29 Å². The van der Waals surface area contributed by atoms with Gasteiger partial charge in [0.1, 0.15) is 6.29 Å². The monoisotopic (exact) mass is 209 g/mol. The Morgan fingerprint density at radius 2 is 2.00 bits per heavy atom. The lowest BCUT2D eigenvalue weighted by molar-refractivity contribution is -0.120. The number of carbonyl (C=O) groups excluding carboxylic acids is 2. The van der Waals surface area contributed by atoms with E-state index in [2.05, 4.69) is 30.6 Å². The van der Waals surface area contributed by atoms with Gasteiger partial charge in [-0.1, -0.05) is 0 Å². The number of hydrogen-bond acceptors (Lipinski definition) is 4. The fourth-order valence-electron chi connectivity index (χ4n) is 0.279. The zero-order valence-corrected chi connectivity index (χ0v) is 8.91. The van der Waals surface area contributed by atoms with E-state index in [0.29, 0.717) is 24.3 Å². The quantitative estimate of drug-likeness (QED) is 0.468. The Morgan fingerprint density at radius 3 is 2.08 bits per heavy atom. The van der Waals surface area contributed by atoms with Crippen LogP contribution in [0.25, 0.3) is 0 Å². The Bertz CT molecular complexity index is 120. The summed E-state index contributed by atoms with van der Waals surface area (Å²) in [4.78, 5) is 19.6. The van der Waals surface area contributed by atoms with E-state index in [4.69, 9.17) is 0 Å². The van der Waals surface area contributed by atoms with Gasteiger partial charge >= 0.3 is 0 Å². The third-order valence-electron chi connectivity index (χ3n) is 0.865. The summed E-state index contributed by atoms with van der Waals surface area (Å²) in [6.07, 6.45) is 1.94. The molecule has 5 heteroatoms. The summed E-state index contributed by atoms with van der Waals surface area (Å²) in [5.41, 5.74) is 0. The van der Waals surface area contributed by atoms with Gasteiger partial charge in [0.15, 0.2) is 0 Å². The molecule has 0 aliphatic carbocycles. The maximum atomic E-state index is 10.3. The van der Waals surface area contributed by atoms with Crippen LogP contribution in [-0.2, 0) is 9.59 Å². The van der Waals surface area contributed by atoms with Crippen LogP contribution in [0.2, 0.25) is 0 Å². The molecule has 0 heterocycles. The van der Waals surface area contributed by atoms with Crippen molar-refractivity contribution in [3.63, 3.8) is 0 Å². The molecule has 0 rings (SSSR count). The predicted octanol–water partition coefficient (Wildman–Crippen LogP) is 0.558. The van der Waals surface area contributed by atoms with E-state index in [1.54, 1.807) is 7.05 Å². The molecule has 0 saturated heterocycles. The van der Waals surface area contributed by atoms with Gasteiger partial charge in [-0.25, -0.2) is 0 Å². The van der Waals surface area contributed by atoms with Crippen molar-refractivity contribution in [1.82, 2.24) is 5.32 Å². The number of aldehydes is 1. The van der Waals surface area contributed by atoms with E-state index in [-0.39, 0.29) is 5.91 Å². The van der Waals surface area contributed by atoms with Crippen molar-refractivity contribution in [3.8, 4) is 0 Å². The number of hydrogen-bond donors (Lipinski definition) is 3. The van der Waals surface area contributed by atoms with Crippen LogP contribution in [0.15, 0.2) is 0 Å². The van der Waals surface area contributed by atoms with Gasteiger partial charge < -0.3 is 10.1 Å². The third-order valence-corrected chi connectivity index (χ3v) is 1.35. The van der Waals surface area contributed by atoms with Crippen molar-refractivity contribution in [2.45, 2.75) is 12.8 Å². The molecule has 3 nitrogen and oxygen atoms in total. The average molecular weight is 209 g/mol. The summed E-state index contributed by atoms with van der Waals surface area (Å²) < 4.78 is 0. The van der Waals surface area contributed by atoms with Gasteiger partial charge in [0.05, 0.1) is 0 Å². The molecule has 72 valence electrons. The molecule has 1 N–H and O–H groups in total. The molecule has 0 radical (unpaired) electrons. The minimum atomic E-state index is 0.0509. The number of carbonyl (C=O) groups is 2. The Balaban J connectivity index is 0. The molecule has 0 aromatic heterocycles. The number of amides is 1. The Kier molecular flexibility index (Phi) is 16.1. The van der Waals surface area contributed by atoms with Gasteiger partial charge in [-0.2, -0.15) is 25.3 Å². The molecule has 0 saturated carbocycles. The normalized spacial score (nSPS) is 7.92. The molecule has 0 aliphatic heterocycles. The van der Waals surface area contributed by atoms with E-state index < -0.39 is 0 Å². The Labute approximate surface area is 84.1 Å². The molecule has 0 aromatic rings. The highest BCUT2D eigenvalue weighted by atomic mass is 32.1. The first-order valence-corrected chi connectivity index (χ1v) is 4.85. The lowest BCUT2D eigenvalue weighted by Gasteiger charge is -1.90. The molecular weight excluding hydrogens is 194 g/mol. The molecule has 0 aliphatic rings. The van der Waals surface area contributed by atoms with Crippen molar-refractivity contribution < 1.29 is 9.59 Å². The second-order valence-corrected chi connectivity index (χ2v) is 2.72. The van der Waals surface area contributed by atoms with Crippen LogP contribution in [0.5, 0.6) is 0 Å². The van der Waals surface area contributed by atoms with E-state index in [1.165, 1.54) is 0 Å². The first-order valence-electron chi connectivity index (χ1n) is 3.58. The van der Waals surface area contributed by atoms with Crippen molar-refractivity contribution >= 4 is 37.5 Å². The second kappa shape index (κ2) is 13.4. The van der Waals surface area contributed by atoms with Crippen LogP contribution < -0.4 is 5.32 Å². The summed E-state index contributed by atoms with van der Waals surface area (Å²) in [6, 6.07) is 0. The number of nitrogens with one attached hydrogen (secondary N) is 1. The maximum Gasteiger partial charge on any atom is 0.220 e. The van der Waals surface area contributed by atoms with E-state index in [1.807, 2.05) is 0 Å². The minimum Gasteiger partial charge on any atom is -0.359 e. The number of rotatable bonds is 4. The van der Waals surface area contributed by atoms with Crippen LogP contribution in [0.4, 0.5) is 0 Å². The summed E-state index contributed by atoms with van der Waals surface area (Å²) in [5, 5.41) is 2.48. The highest BCUT2D eigenvalue weighted by Crippen LogP contribution is 1.80. The largest absolute Gasteiger partial charge is 0.359 e. The van der Waals surface area contributed by atoms with Gasteiger partial charge in [0.25, 0.3) is 0 Å². The first kappa shape index (κ1) is 14.4. The van der Waals surface area contributed by atoms with Crippen molar-refractivity contribution in [3.05, 3.63) is 0 Å². The molecule has 12 heavy (non-hydrogen) atoms. The number of thiol groups is 2. The van der Waals surface area contributed by atoms with Gasteiger partial charge in [-0.3, -0.25) is 4.79 Å². The van der Waals surface area contributed by atoms with E-state index >= 15 is 0 Å². The van der Waals surface area contributed by atoms with Crippen LogP contribution in [0, 0.1) is 0 Å². The molecule has 0 bridgehead atoms. The average Bonchev–Trinajstić information content (AvgIpc) is 2.07. The standard InChI is InChI=1S/C4H9NOS.C3H6OS/c1-5-4(6)2-3-7;4-2-1-3-5/h7H,2-3H2,1H3,(H,5,6);2,5H,1,3H2. The molecule has 0 atom stereocenters. The summed E-state index contributed by atoms with van der Waals surface area (Å²) in [7, 11) is 1.62. The van der Waals surface area contributed by atoms with E-state index in [9.17, 15) is 9.59 Å². The first-order chi connectivity index (χ1) is 5.72. The summed E-state index contributed by atoms with van der Waals surface area (Å²) in [5.74, 6) is 1.35. The highest BCUT2D eigenvalue weighted by Gasteiger charge is 1.90. The Hall–Kier alpha value is -0.160. The van der Waals surface area contributed by atoms with Gasteiger partial charge in [-0.05, 0) is 11.5 Å². The zero-order valence-electron chi connectivity index (χ0n) is 7.12. The molecular formula is C7H15NO2S2. The summed E-state index contributed by atoms with van der Waals surface area (Å²) >= 11 is 7.62. The summed E-state index contributed by atoms with van der Waals surface area (Å²) in [6.45, 7) is 0. The fraction of sp³-hybridized carbons (Fsp3) is 0.714. The zero-order chi connectivity index (χ0) is 9.82. The highest BCUT2D eigenvalue weighted by molar-refractivity contribution is 7.80. The SMILES string of the molecule is CNC(=O)CCS.O=CCCS. The van der Waals surface area contributed by atoms with Crippen molar-refractivity contribution in [1.29, 1.82) is 0 Å². The van der Waals surface area contributed by atoms with Crippen molar-refractivity contribution in [2.75, 3.05) is 18.6 Å². The van der Waals surface area contributed by atoms with Crippen LogP contribution >= 0.6 is 25.3 Å². The third kappa shape index (κ3) is 16.4. The Morgan fingerprint density at radius 1 is 1.42 bits per heavy atom. The van der Waals surface area contributed by atoms with Crippen molar-refractivity contribution in [2.24, 2.45) is 0 Å². The maximum absolute atomic E-state index is 10.3. The molecule has 1 amide bonds. The van der Waals surface area contributed by atoms with Gasteiger partial charge in [-0.15, -0.1) is 0 Å². The molecule has 0 unspecified atom stereocenters. The van der Waals surface area contributed by atoms with Gasteiger partial charge in [0, 0.05) is 19.9 Å². The topological polar surface area (TPSA) is 46.2 Å². The second-order valence-electron chi connectivity index (χ2n) is 1.83. The predicted molar refractivity (Wildman–Crippen MR) is 57.1 cm³/mol. The lowest BCUT2D eigenvalue weighted by Crippen LogP contribution is -2.17. The molecule has 0 spiro atoms. The lowest BCUT2D eigenvalue weighted by atomic mass is 10.5. The smallest absolute Gasteiger partial charge is 0.220 e.